The molecular formula is C30H64N6O. The summed E-state index contributed by atoms with van der Waals surface area (Å²) in [5.41, 5.74) is 0. The Morgan fingerprint density at radius 3 is 0.811 bits per heavy atom. The third kappa shape index (κ3) is 11.8. The number of nitrogens with zero attached hydrogens (tertiary/aromatic N) is 6. The van der Waals surface area contributed by atoms with Gasteiger partial charge in [-0.2, -0.15) is 0 Å². The monoisotopic (exact) mass is 525 g/mol. The SMILES string of the molecule is CC(C)N1CCCN(C(C)C)CC1.CC(C)N1CCN(C(C)C)C1=O.CC(C)N1CCN(C(C)C)CC1. The van der Waals surface area contributed by atoms with E-state index >= 15 is 0 Å². The highest BCUT2D eigenvalue weighted by Gasteiger charge is 2.31. The number of amides is 2. The minimum absolute atomic E-state index is 0.194. The Balaban J connectivity index is 0.000000278. The minimum atomic E-state index is 0.194. The maximum atomic E-state index is 11.6. The standard InChI is InChI=1S/C11H24N2.C10H22N2.C9H18N2O/c1-10(2)12-6-5-7-13(9-8-12)11(3)4;1-9(2)11-5-7-12(8-6-11)10(3)4;1-7(2)10-5-6-11(8(3)4)9(10)12/h10-11H,5-9H2,1-4H3;9-10H,5-8H2,1-4H3;7-8H,5-6H2,1-4H3. The van der Waals surface area contributed by atoms with Crippen molar-refractivity contribution in [2.75, 3.05) is 65.4 Å². The van der Waals surface area contributed by atoms with E-state index in [0.717, 1.165) is 25.2 Å². The minimum Gasteiger partial charge on any atom is -0.320 e. The molecule has 7 heteroatoms. The molecule has 0 atom stereocenters. The van der Waals surface area contributed by atoms with Gasteiger partial charge in [-0.3, -0.25) is 19.6 Å². The predicted molar refractivity (Wildman–Crippen MR) is 161 cm³/mol. The van der Waals surface area contributed by atoms with E-state index in [1.807, 2.05) is 9.80 Å². The molecule has 0 aromatic rings. The van der Waals surface area contributed by atoms with E-state index in [9.17, 15) is 4.79 Å². The lowest BCUT2D eigenvalue weighted by atomic mass is 10.2. The molecule has 0 unspecified atom stereocenters. The van der Waals surface area contributed by atoms with Crippen LogP contribution in [0.3, 0.4) is 0 Å². The average molecular weight is 525 g/mol. The first-order chi connectivity index (χ1) is 17.3. The van der Waals surface area contributed by atoms with E-state index in [1.54, 1.807) is 0 Å². The lowest BCUT2D eigenvalue weighted by molar-refractivity contribution is 0.0887. The fourth-order valence-electron chi connectivity index (χ4n) is 5.29. The van der Waals surface area contributed by atoms with Crippen molar-refractivity contribution in [1.82, 2.24) is 29.4 Å². The maximum absolute atomic E-state index is 11.6. The molecule has 0 aliphatic carbocycles. The molecule has 3 fully saturated rings. The van der Waals surface area contributed by atoms with Gasteiger partial charge in [-0.25, -0.2) is 4.79 Å². The molecule has 220 valence electrons. The molecule has 0 aromatic heterocycles. The van der Waals surface area contributed by atoms with Gasteiger partial charge in [0.25, 0.3) is 0 Å². The van der Waals surface area contributed by atoms with Gasteiger partial charge in [-0.15, -0.1) is 0 Å². The molecule has 3 aliphatic rings. The summed E-state index contributed by atoms with van der Waals surface area (Å²) in [4.78, 5) is 25.8. The molecule has 0 spiro atoms. The first-order valence-corrected chi connectivity index (χ1v) is 15.3. The zero-order chi connectivity index (χ0) is 28.3. The molecule has 3 saturated heterocycles. The van der Waals surface area contributed by atoms with Gasteiger partial charge in [-0.1, -0.05) is 0 Å². The normalized spacial score (nSPS) is 21.3. The number of piperazine rings is 1. The largest absolute Gasteiger partial charge is 0.320 e. The van der Waals surface area contributed by atoms with Gasteiger partial charge in [0, 0.05) is 88.6 Å². The topological polar surface area (TPSA) is 36.5 Å². The number of carbonyl (C=O) groups is 1. The lowest BCUT2D eigenvalue weighted by Gasteiger charge is -2.38. The molecule has 0 radical (unpaired) electrons. The molecule has 0 saturated carbocycles. The van der Waals surface area contributed by atoms with E-state index in [0.29, 0.717) is 24.2 Å². The molecule has 0 aromatic carbocycles. The highest BCUT2D eigenvalue weighted by Crippen LogP contribution is 2.14. The van der Waals surface area contributed by atoms with Crippen LogP contribution in [-0.2, 0) is 0 Å². The van der Waals surface area contributed by atoms with Gasteiger partial charge in [0.15, 0.2) is 0 Å². The Bertz CT molecular complexity index is 563. The van der Waals surface area contributed by atoms with Crippen molar-refractivity contribution in [2.24, 2.45) is 0 Å². The van der Waals surface area contributed by atoms with Gasteiger partial charge in [0.2, 0.25) is 0 Å². The maximum Gasteiger partial charge on any atom is 0.320 e. The molecule has 0 bridgehead atoms. The number of hydrogen-bond acceptors (Lipinski definition) is 5. The summed E-state index contributed by atoms with van der Waals surface area (Å²) >= 11 is 0. The van der Waals surface area contributed by atoms with Crippen LogP contribution in [0.25, 0.3) is 0 Å². The van der Waals surface area contributed by atoms with Crippen LogP contribution in [0, 0.1) is 0 Å². The Kier molecular flexibility index (Phi) is 15.6. The highest BCUT2D eigenvalue weighted by molar-refractivity contribution is 5.77. The molecule has 0 N–H and O–H groups in total. The summed E-state index contributed by atoms with van der Waals surface area (Å²) in [6.45, 7) is 38.3. The Labute approximate surface area is 231 Å². The highest BCUT2D eigenvalue weighted by atomic mass is 16.2. The third-order valence-electron chi connectivity index (χ3n) is 8.16. The smallest absolute Gasteiger partial charge is 0.320 e. The van der Waals surface area contributed by atoms with Gasteiger partial charge in [-0.05, 0) is 103 Å². The quantitative estimate of drug-likeness (QED) is 0.500. The van der Waals surface area contributed by atoms with E-state index in [-0.39, 0.29) is 6.03 Å². The van der Waals surface area contributed by atoms with E-state index in [4.69, 9.17) is 0 Å². The van der Waals surface area contributed by atoms with Gasteiger partial charge in [0.05, 0.1) is 0 Å². The summed E-state index contributed by atoms with van der Waals surface area (Å²) in [7, 11) is 0. The molecule has 3 rings (SSSR count). The van der Waals surface area contributed by atoms with Gasteiger partial charge in [0.1, 0.15) is 0 Å². The number of urea groups is 1. The van der Waals surface area contributed by atoms with Crippen LogP contribution in [0.15, 0.2) is 0 Å². The molecule has 3 aliphatic heterocycles. The van der Waals surface area contributed by atoms with Crippen molar-refractivity contribution in [1.29, 1.82) is 0 Å². The average Bonchev–Trinajstić information content (AvgIpc) is 3.04. The van der Waals surface area contributed by atoms with Crippen LogP contribution in [-0.4, -0.2) is 137 Å². The first kappa shape index (κ1) is 34.1. The van der Waals surface area contributed by atoms with Crippen molar-refractivity contribution in [3.05, 3.63) is 0 Å². The van der Waals surface area contributed by atoms with E-state index in [1.165, 1.54) is 58.8 Å². The number of carbonyl (C=O) groups excluding carboxylic acids is 1. The van der Waals surface area contributed by atoms with Gasteiger partial charge >= 0.3 is 6.03 Å². The summed E-state index contributed by atoms with van der Waals surface area (Å²) in [6, 6.07) is 3.74. The molecule has 3 heterocycles. The Morgan fingerprint density at radius 1 is 0.378 bits per heavy atom. The lowest BCUT2D eigenvalue weighted by Crippen LogP contribution is -2.50. The fourth-order valence-corrected chi connectivity index (χ4v) is 5.29. The molecule has 2 amide bonds. The second-order valence-electron chi connectivity index (χ2n) is 12.7. The Morgan fingerprint density at radius 2 is 0.622 bits per heavy atom. The molecule has 7 nitrogen and oxygen atoms in total. The van der Waals surface area contributed by atoms with E-state index < -0.39 is 0 Å². The van der Waals surface area contributed by atoms with Crippen LogP contribution >= 0.6 is 0 Å². The summed E-state index contributed by atoms with van der Waals surface area (Å²) in [5.74, 6) is 0. The fraction of sp³-hybridized carbons (Fsp3) is 0.967. The zero-order valence-electron chi connectivity index (χ0n) is 26.8. The second-order valence-corrected chi connectivity index (χ2v) is 12.7. The summed E-state index contributed by atoms with van der Waals surface area (Å²) in [6.07, 6.45) is 1.33. The molecule has 37 heavy (non-hydrogen) atoms. The summed E-state index contributed by atoms with van der Waals surface area (Å²) < 4.78 is 0. The van der Waals surface area contributed by atoms with Crippen LogP contribution < -0.4 is 0 Å². The summed E-state index contributed by atoms with van der Waals surface area (Å²) in [5, 5.41) is 0. The third-order valence-corrected chi connectivity index (χ3v) is 8.16. The van der Waals surface area contributed by atoms with Crippen molar-refractivity contribution in [3.63, 3.8) is 0 Å². The van der Waals surface area contributed by atoms with Crippen LogP contribution in [0.5, 0.6) is 0 Å². The second kappa shape index (κ2) is 16.9. The van der Waals surface area contributed by atoms with Crippen molar-refractivity contribution in [2.45, 2.75) is 126 Å². The van der Waals surface area contributed by atoms with Crippen molar-refractivity contribution in [3.8, 4) is 0 Å². The van der Waals surface area contributed by atoms with Crippen molar-refractivity contribution >= 4 is 6.03 Å². The predicted octanol–water partition coefficient (Wildman–Crippen LogP) is 4.77. The molecular weight excluding hydrogens is 460 g/mol. The van der Waals surface area contributed by atoms with Crippen LogP contribution in [0.2, 0.25) is 0 Å². The van der Waals surface area contributed by atoms with Gasteiger partial charge < -0.3 is 9.80 Å². The van der Waals surface area contributed by atoms with E-state index in [2.05, 4.69) is 103 Å². The first-order valence-electron chi connectivity index (χ1n) is 15.3. The number of hydrogen-bond donors (Lipinski definition) is 0. The van der Waals surface area contributed by atoms with Crippen LogP contribution in [0.4, 0.5) is 4.79 Å². The van der Waals surface area contributed by atoms with Crippen molar-refractivity contribution < 1.29 is 4.79 Å². The van der Waals surface area contributed by atoms with Crippen LogP contribution in [0.1, 0.15) is 89.5 Å². The number of rotatable bonds is 6. The zero-order valence-corrected chi connectivity index (χ0v) is 26.8. The Hall–Kier alpha value is -0.890.